The van der Waals surface area contributed by atoms with Gasteiger partial charge in [-0.1, -0.05) is 22.8 Å². The maximum atomic E-state index is 5.93. The monoisotopic (exact) mass is 282 g/mol. The fourth-order valence-electron chi connectivity index (χ4n) is 1.57. The molecular weight excluding hydrogens is 276 g/mol. The van der Waals surface area contributed by atoms with Crippen LogP contribution in [0.1, 0.15) is 0 Å². The van der Waals surface area contributed by atoms with E-state index >= 15 is 0 Å². The summed E-state index contributed by atoms with van der Waals surface area (Å²) in [5.74, 6) is 0.340. The van der Waals surface area contributed by atoms with E-state index < -0.39 is 0 Å². The summed E-state index contributed by atoms with van der Waals surface area (Å²) in [5.41, 5.74) is 7.42. The highest BCUT2D eigenvalue weighted by atomic mass is 35.5. The molecule has 3 aromatic rings. The second-order valence-electron chi connectivity index (χ2n) is 3.35. The molecule has 3 nitrogen and oxygen atoms in total. The molecular formula is C11H7ClN2OS2. The molecule has 0 aliphatic heterocycles. The highest BCUT2D eigenvalue weighted by molar-refractivity contribution is 7.19. The Labute approximate surface area is 110 Å². The molecule has 86 valence electrons. The molecule has 0 aromatic carbocycles. The Kier molecular flexibility index (Phi) is 2.66. The standard InChI is InChI=1S/C11H7ClN2OS2/c12-8-4-3-7(17-8)10-9(11(13)15-14-10)6-2-1-5-16-6/h1-5H,13H2. The van der Waals surface area contributed by atoms with Crippen molar-refractivity contribution < 1.29 is 4.52 Å². The van der Waals surface area contributed by atoms with E-state index in [0.717, 1.165) is 25.3 Å². The quantitative estimate of drug-likeness (QED) is 0.759. The number of anilines is 1. The number of rotatable bonds is 2. The van der Waals surface area contributed by atoms with Gasteiger partial charge in [0.1, 0.15) is 5.69 Å². The normalized spacial score (nSPS) is 10.9. The maximum absolute atomic E-state index is 5.93. The molecule has 0 spiro atoms. The minimum atomic E-state index is 0.340. The molecule has 0 bridgehead atoms. The minimum absolute atomic E-state index is 0.340. The van der Waals surface area contributed by atoms with Crippen molar-refractivity contribution in [3.63, 3.8) is 0 Å². The van der Waals surface area contributed by atoms with E-state index in [1.807, 2.05) is 29.6 Å². The first kappa shape index (κ1) is 10.8. The molecule has 0 fully saturated rings. The van der Waals surface area contributed by atoms with Gasteiger partial charge in [-0.05, 0) is 23.6 Å². The summed E-state index contributed by atoms with van der Waals surface area (Å²) in [6, 6.07) is 7.72. The van der Waals surface area contributed by atoms with Crippen LogP contribution in [0.2, 0.25) is 4.34 Å². The molecule has 0 radical (unpaired) electrons. The number of nitrogens with zero attached hydrogens (tertiary/aromatic N) is 1. The second-order valence-corrected chi connectivity index (χ2v) is 6.01. The molecule has 0 aliphatic rings. The molecule has 0 saturated carbocycles. The summed E-state index contributed by atoms with van der Waals surface area (Å²) in [6.45, 7) is 0. The van der Waals surface area contributed by atoms with Crippen molar-refractivity contribution in [1.82, 2.24) is 5.16 Å². The lowest BCUT2D eigenvalue weighted by Crippen LogP contribution is -1.84. The van der Waals surface area contributed by atoms with Gasteiger partial charge in [0, 0.05) is 4.88 Å². The van der Waals surface area contributed by atoms with Gasteiger partial charge >= 0.3 is 0 Å². The maximum Gasteiger partial charge on any atom is 0.231 e. The van der Waals surface area contributed by atoms with Gasteiger partial charge in [-0.15, -0.1) is 22.7 Å². The van der Waals surface area contributed by atoms with Crippen LogP contribution in [0, 0.1) is 0 Å². The average Bonchev–Trinajstić information content (AvgIpc) is 2.97. The van der Waals surface area contributed by atoms with E-state index in [0.29, 0.717) is 5.88 Å². The zero-order valence-corrected chi connectivity index (χ0v) is 10.9. The van der Waals surface area contributed by atoms with Crippen molar-refractivity contribution in [2.24, 2.45) is 0 Å². The van der Waals surface area contributed by atoms with E-state index in [1.165, 1.54) is 11.3 Å². The number of halogens is 1. The molecule has 3 aromatic heterocycles. The van der Waals surface area contributed by atoms with Gasteiger partial charge in [-0.25, -0.2) is 0 Å². The fourth-order valence-corrected chi connectivity index (χ4v) is 3.38. The third kappa shape index (κ3) is 1.86. The Morgan fingerprint density at radius 3 is 2.76 bits per heavy atom. The zero-order chi connectivity index (χ0) is 11.8. The van der Waals surface area contributed by atoms with Crippen LogP contribution in [-0.2, 0) is 0 Å². The summed E-state index contributed by atoms with van der Waals surface area (Å²) in [6.07, 6.45) is 0. The third-order valence-electron chi connectivity index (χ3n) is 2.29. The van der Waals surface area contributed by atoms with E-state index in [1.54, 1.807) is 11.3 Å². The van der Waals surface area contributed by atoms with Crippen molar-refractivity contribution in [1.29, 1.82) is 0 Å². The number of hydrogen-bond acceptors (Lipinski definition) is 5. The van der Waals surface area contributed by atoms with E-state index in [4.69, 9.17) is 21.9 Å². The smallest absolute Gasteiger partial charge is 0.231 e. The number of aromatic nitrogens is 1. The second kappa shape index (κ2) is 4.18. The first-order chi connectivity index (χ1) is 8.25. The van der Waals surface area contributed by atoms with Gasteiger partial charge in [0.25, 0.3) is 0 Å². The summed E-state index contributed by atoms with van der Waals surface area (Å²) in [4.78, 5) is 2.00. The predicted octanol–water partition coefficient (Wildman–Crippen LogP) is 4.37. The van der Waals surface area contributed by atoms with Gasteiger partial charge in [0.2, 0.25) is 5.88 Å². The van der Waals surface area contributed by atoms with Crippen LogP contribution in [0.15, 0.2) is 34.2 Å². The summed E-state index contributed by atoms with van der Waals surface area (Å²) in [7, 11) is 0. The zero-order valence-electron chi connectivity index (χ0n) is 8.51. The highest BCUT2D eigenvalue weighted by Gasteiger charge is 2.19. The van der Waals surface area contributed by atoms with Gasteiger partial charge in [0.05, 0.1) is 14.8 Å². The minimum Gasteiger partial charge on any atom is -0.367 e. The molecule has 3 heterocycles. The lowest BCUT2D eigenvalue weighted by atomic mass is 10.2. The van der Waals surface area contributed by atoms with Gasteiger partial charge in [0.15, 0.2) is 0 Å². The van der Waals surface area contributed by atoms with Gasteiger partial charge in [-0.2, -0.15) is 0 Å². The number of thiophene rings is 2. The van der Waals surface area contributed by atoms with Crippen molar-refractivity contribution in [2.45, 2.75) is 0 Å². The van der Waals surface area contributed by atoms with Crippen LogP contribution >= 0.6 is 34.3 Å². The molecule has 3 rings (SSSR count). The topological polar surface area (TPSA) is 52.0 Å². The summed E-state index contributed by atoms with van der Waals surface area (Å²) >= 11 is 8.99. The van der Waals surface area contributed by atoms with Crippen LogP contribution in [0.3, 0.4) is 0 Å². The summed E-state index contributed by atoms with van der Waals surface area (Å²) < 4.78 is 5.80. The number of hydrogen-bond donors (Lipinski definition) is 1. The van der Waals surface area contributed by atoms with E-state index in [9.17, 15) is 0 Å². The van der Waals surface area contributed by atoms with Crippen molar-refractivity contribution >= 4 is 40.2 Å². The fraction of sp³-hybridized carbons (Fsp3) is 0. The number of nitrogens with two attached hydrogens (primary N) is 1. The Balaban J connectivity index is 2.19. The Bertz CT molecular complexity index is 642. The van der Waals surface area contributed by atoms with E-state index in [-0.39, 0.29) is 0 Å². The third-order valence-corrected chi connectivity index (χ3v) is 4.42. The highest BCUT2D eigenvalue weighted by Crippen LogP contribution is 2.41. The van der Waals surface area contributed by atoms with Crippen LogP contribution in [0.5, 0.6) is 0 Å². The Morgan fingerprint density at radius 2 is 2.12 bits per heavy atom. The number of nitrogen functional groups attached to an aromatic ring is 1. The van der Waals surface area contributed by atoms with E-state index in [2.05, 4.69) is 5.16 Å². The predicted molar refractivity (Wildman–Crippen MR) is 72.6 cm³/mol. The lowest BCUT2D eigenvalue weighted by molar-refractivity contribution is 0.439. The lowest BCUT2D eigenvalue weighted by Gasteiger charge is -1.96. The SMILES string of the molecule is Nc1onc(-c2ccc(Cl)s2)c1-c1cccs1. The first-order valence-corrected chi connectivity index (χ1v) is 6.88. The largest absolute Gasteiger partial charge is 0.367 e. The molecule has 17 heavy (non-hydrogen) atoms. The van der Waals surface area contributed by atoms with Gasteiger partial charge in [-0.3, -0.25) is 0 Å². The first-order valence-electron chi connectivity index (χ1n) is 4.80. The Morgan fingerprint density at radius 1 is 1.24 bits per heavy atom. The van der Waals surface area contributed by atoms with Crippen molar-refractivity contribution in [2.75, 3.05) is 5.73 Å². The van der Waals surface area contributed by atoms with Crippen molar-refractivity contribution in [3.05, 3.63) is 34.0 Å². The average molecular weight is 283 g/mol. The molecule has 0 amide bonds. The molecule has 0 atom stereocenters. The molecule has 6 heteroatoms. The Hall–Kier alpha value is -1.30. The van der Waals surface area contributed by atoms with Crippen LogP contribution in [0.25, 0.3) is 21.0 Å². The molecule has 0 aliphatic carbocycles. The van der Waals surface area contributed by atoms with Crippen LogP contribution in [-0.4, -0.2) is 5.16 Å². The molecule has 0 saturated heterocycles. The van der Waals surface area contributed by atoms with Crippen LogP contribution < -0.4 is 5.73 Å². The van der Waals surface area contributed by atoms with Crippen LogP contribution in [0.4, 0.5) is 5.88 Å². The van der Waals surface area contributed by atoms with Gasteiger partial charge < -0.3 is 10.3 Å². The molecule has 2 N–H and O–H groups in total. The van der Waals surface area contributed by atoms with Crippen molar-refractivity contribution in [3.8, 4) is 21.0 Å². The summed E-state index contributed by atoms with van der Waals surface area (Å²) in [5, 5.41) is 6.01. The molecule has 0 unspecified atom stereocenters.